The Bertz CT molecular complexity index is 575. The van der Waals surface area contributed by atoms with E-state index in [1.165, 1.54) is 0 Å². The lowest BCUT2D eigenvalue weighted by Gasteiger charge is -2.08. The Morgan fingerprint density at radius 1 is 0.966 bits per heavy atom. The van der Waals surface area contributed by atoms with E-state index in [4.69, 9.17) is 14.6 Å². The van der Waals surface area contributed by atoms with Gasteiger partial charge in [0.1, 0.15) is 11.8 Å². The summed E-state index contributed by atoms with van der Waals surface area (Å²) in [5.74, 6) is -2.49. The second kappa shape index (κ2) is 14.5. The van der Waals surface area contributed by atoms with E-state index < -0.39 is 29.9 Å². The molecular formula is C20H31NO8. The van der Waals surface area contributed by atoms with E-state index in [9.17, 15) is 24.0 Å². The van der Waals surface area contributed by atoms with Gasteiger partial charge in [-0.3, -0.25) is 19.2 Å². The molecule has 0 aromatic rings. The lowest BCUT2D eigenvalue weighted by Crippen LogP contribution is -2.38. The molecule has 9 heteroatoms. The Kier molecular flexibility index (Phi) is 12.3. The molecule has 1 aliphatic heterocycles. The van der Waals surface area contributed by atoms with Gasteiger partial charge in [-0.1, -0.05) is 32.1 Å². The van der Waals surface area contributed by atoms with Crippen LogP contribution in [0.1, 0.15) is 77.0 Å². The minimum absolute atomic E-state index is 0.0944. The number of cyclic esters (lactones) is 1. The number of esters is 2. The van der Waals surface area contributed by atoms with Crippen LogP contribution in [0.5, 0.6) is 0 Å². The molecule has 9 nitrogen and oxygen atoms in total. The normalized spacial score (nSPS) is 15.6. The second-order valence-corrected chi connectivity index (χ2v) is 7.13. The van der Waals surface area contributed by atoms with E-state index in [1.54, 1.807) is 0 Å². The highest BCUT2D eigenvalue weighted by Crippen LogP contribution is 2.10. The molecule has 1 amide bonds. The van der Waals surface area contributed by atoms with E-state index >= 15 is 0 Å². The Morgan fingerprint density at radius 3 is 2.24 bits per heavy atom. The number of ether oxygens (including phenoxy) is 2. The number of carboxylic acid groups (broad SMARTS) is 1. The van der Waals surface area contributed by atoms with Gasteiger partial charge >= 0.3 is 17.9 Å². The van der Waals surface area contributed by atoms with Crippen molar-refractivity contribution < 1.29 is 38.6 Å². The molecule has 0 spiro atoms. The fraction of sp³-hybridized carbons (Fsp3) is 0.750. The maximum atomic E-state index is 11.8. The third kappa shape index (κ3) is 12.6. The van der Waals surface area contributed by atoms with Gasteiger partial charge in [0.05, 0.1) is 32.5 Å². The van der Waals surface area contributed by atoms with Crippen LogP contribution in [0.2, 0.25) is 0 Å². The minimum Gasteiger partial charge on any atom is -0.481 e. The summed E-state index contributed by atoms with van der Waals surface area (Å²) in [4.78, 5) is 56.3. The number of nitrogens with one attached hydrogen (secondary N) is 1. The maximum absolute atomic E-state index is 11.8. The molecule has 1 saturated heterocycles. The average molecular weight is 413 g/mol. The SMILES string of the molecule is O=C(O)CCC(=O)OCCCCCCCCCC(=O)CC(=O)N[C@H]1CCOC1=O. The number of ketones is 1. The summed E-state index contributed by atoms with van der Waals surface area (Å²) in [5, 5.41) is 11.0. The number of Topliss-reactive ketones (excluding diaryl/α,β-unsaturated/α-hetero) is 1. The van der Waals surface area contributed by atoms with Crippen molar-refractivity contribution in [2.75, 3.05) is 13.2 Å². The van der Waals surface area contributed by atoms with Gasteiger partial charge in [0.15, 0.2) is 0 Å². The first-order valence-corrected chi connectivity index (χ1v) is 10.2. The molecule has 164 valence electrons. The molecule has 0 aliphatic carbocycles. The van der Waals surface area contributed by atoms with Crippen molar-refractivity contribution in [3.05, 3.63) is 0 Å². The first-order chi connectivity index (χ1) is 13.9. The molecule has 0 radical (unpaired) electrons. The first-order valence-electron chi connectivity index (χ1n) is 10.2. The van der Waals surface area contributed by atoms with E-state index in [0.29, 0.717) is 26.1 Å². The lowest BCUT2D eigenvalue weighted by molar-refractivity contribution is -0.147. The molecular weight excluding hydrogens is 382 g/mol. The number of rotatable bonds is 16. The summed E-state index contributed by atoms with van der Waals surface area (Å²) in [5.41, 5.74) is 0. The standard InChI is InChI=1S/C20H31NO8/c22-15(14-17(23)21-16-11-13-29-20(16)27)8-6-4-2-1-3-5-7-12-28-19(26)10-9-18(24)25/h16H,1-14H2,(H,21,23)(H,24,25)/t16-/m0/s1. The summed E-state index contributed by atoms with van der Waals surface area (Å²) in [6.07, 6.45) is 6.64. The van der Waals surface area contributed by atoms with Crippen molar-refractivity contribution in [3.63, 3.8) is 0 Å². The predicted octanol–water partition coefficient (Wildman–Crippen LogP) is 1.91. The first kappa shape index (κ1) is 24.6. The van der Waals surface area contributed by atoms with Crippen LogP contribution in [-0.4, -0.2) is 54.0 Å². The number of carbonyl (C=O) groups excluding carboxylic acids is 4. The predicted molar refractivity (Wildman–Crippen MR) is 102 cm³/mol. The topological polar surface area (TPSA) is 136 Å². The number of carboxylic acids is 1. The van der Waals surface area contributed by atoms with Crippen molar-refractivity contribution in [3.8, 4) is 0 Å². The molecule has 0 aromatic heterocycles. The third-order valence-corrected chi connectivity index (χ3v) is 4.53. The van der Waals surface area contributed by atoms with Gasteiger partial charge in [0.2, 0.25) is 5.91 Å². The van der Waals surface area contributed by atoms with Gasteiger partial charge in [-0.25, -0.2) is 4.79 Å². The Hall–Kier alpha value is -2.45. The Labute approximate surface area is 170 Å². The average Bonchev–Trinajstić information content (AvgIpc) is 3.05. The quantitative estimate of drug-likeness (QED) is 0.222. The number of carbonyl (C=O) groups is 5. The monoisotopic (exact) mass is 413 g/mol. The lowest BCUT2D eigenvalue weighted by atomic mass is 10.1. The van der Waals surface area contributed by atoms with Gasteiger partial charge in [-0.2, -0.15) is 0 Å². The van der Waals surface area contributed by atoms with Gasteiger partial charge in [-0.15, -0.1) is 0 Å². The fourth-order valence-electron chi connectivity index (χ4n) is 2.92. The summed E-state index contributed by atoms with van der Waals surface area (Å²) < 4.78 is 9.70. The van der Waals surface area contributed by atoms with Gasteiger partial charge in [-0.05, 0) is 12.8 Å². The smallest absolute Gasteiger partial charge is 0.328 e. The van der Waals surface area contributed by atoms with Crippen molar-refractivity contribution in [1.82, 2.24) is 5.32 Å². The van der Waals surface area contributed by atoms with Crippen LogP contribution < -0.4 is 5.32 Å². The largest absolute Gasteiger partial charge is 0.481 e. The molecule has 0 bridgehead atoms. The zero-order chi connectivity index (χ0) is 21.5. The number of amides is 1. The molecule has 1 fully saturated rings. The van der Waals surface area contributed by atoms with Crippen molar-refractivity contribution in [2.24, 2.45) is 0 Å². The van der Waals surface area contributed by atoms with Crippen molar-refractivity contribution >= 4 is 29.6 Å². The van der Waals surface area contributed by atoms with E-state index in [0.717, 1.165) is 44.9 Å². The number of unbranched alkanes of at least 4 members (excludes halogenated alkanes) is 6. The van der Waals surface area contributed by atoms with Crippen molar-refractivity contribution in [2.45, 2.75) is 83.1 Å². The maximum Gasteiger partial charge on any atom is 0.328 e. The van der Waals surface area contributed by atoms with E-state index in [-0.39, 0.29) is 25.0 Å². The molecule has 0 unspecified atom stereocenters. The van der Waals surface area contributed by atoms with Gasteiger partial charge in [0.25, 0.3) is 0 Å². The molecule has 2 N–H and O–H groups in total. The highest BCUT2D eigenvalue weighted by Gasteiger charge is 2.28. The molecule has 1 rings (SSSR count). The molecule has 29 heavy (non-hydrogen) atoms. The molecule has 0 saturated carbocycles. The summed E-state index contributed by atoms with van der Waals surface area (Å²) in [7, 11) is 0. The Balaban J connectivity index is 1.89. The summed E-state index contributed by atoms with van der Waals surface area (Å²) in [6.45, 7) is 0.614. The molecule has 1 aliphatic rings. The third-order valence-electron chi connectivity index (χ3n) is 4.53. The van der Waals surface area contributed by atoms with Crippen LogP contribution in [0.3, 0.4) is 0 Å². The Morgan fingerprint density at radius 2 is 1.62 bits per heavy atom. The zero-order valence-electron chi connectivity index (χ0n) is 16.8. The van der Waals surface area contributed by atoms with Gasteiger partial charge in [0, 0.05) is 12.8 Å². The van der Waals surface area contributed by atoms with E-state index in [2.05, 4.69) is 5.32 Å². The number of hydrogen-bond donors (Lipinski definition) is 2. The fourth-order valence-corrected chi connectivity index (χ4v) is 2.92. The summed E-state index contributed by atoms with van der Waals surface area (Å²) in [6, 6.07) is -0.622. The van der Waals surface area contributed by atoms with Crippen molar-refractivity contribution in [1.29, 1.82) is 0 Å². The van der Waals surface area contributed by atoms with Crippen LogP contribution >= 0.6 is 0 Å². The van der Waals surface area contributed by atoms with E-state index in [1.807, 2.05) is 0 Å². The highest BCUT2D eigenvalue weighted by molar-refractivity contribution is 5.99. The van der Waals surface area contributed by atoms with Crippen LogP contribution in [0.15, 0.2) is 0 Å². The van der Waals surface area contributed by atoms with Crippen LogP contribution in [-0.2, 0) is 33.4 Å². The second-order valence-electron chi connectivity index (χ2n) is 7.13. The molecule has 1 atom stereocenters. The van der Waals surface area contributed by atoms with Crippen LogP contribution in [0.4, 0.5) is 0 Å². The number of aliphatic carboxylic acids is 1. The number of hydrogen-bond acceptors (Lipinski definition) is 7. The van der Waals surface area contributed by atoms with Crippen LogP contribution in [0.25, 0.3) is 0 Å². The van der Waals surface area contributed by atoms with Gasteiger partial charge < -0.3 is 19.9 Å². The highest BCUT2D eigenvalue weighted by atomic mass is 16.5. The minimum atomic E-state index is -1.01. The summed E-state index contributed by atoms with van der Waals surface area (Å²) >= 11 is 0. The molecule has 0 aromatic carbocycles. The van der Waals surface area contributed by atoms with Crippen LogP contribution in [0, 0.1) is 0 Å². The zero-order valence-corrected chi connectivity index (χ0v) is 16.8. The molecule has 1 heterocycles.